The Labute approximate surface area is 125 Å². The predicted octanol–water partition coefficient (Wildman–Crippen LogP) is 2.96. The number of alkyl halides is 1. The van der Waals surface area contributed by atoms with Crippen molar-refractivity contribution in [2.24, 2.45) is 0 Å². The van der Waals surface area contributed by atoms with Gasteiger partial charge in [-0.3, -0.25) is 4.79 Å². The number of nitrogens with zero attached hydrogens (tertiary/aromatic N) is 1. The van der Waals surface area contributed by atoms with Gasteiger partial charge in [0.15, 0.2) is 5.78 Å². The van der Waals surface area contributed by atoms with Gasteiger partial charge in [-0.1, -0.05) is 46.3 Å². The van der Waals surface area contributed by atoms with Gasteiger partial charge in [0.1, 0.15) is 5.69 Å². The first-order valence-electron chi connectivity index (χ1n) is 6.08. The van der Waals surface area contributed by atoms with Crippen LogP contribution in [0.25, 0.3) is 0 Å². The third-order valence-corrected chi connectivity index (χ3v) is 3.50. The van der Waals surface area contributed by atoms with Crippen molar-refractivity contribution in [3.8, 4) is 0 Å². The zero-order valence-corrected chi connectivity index (χ0v) is 12.5. The smallest absolute Gasteiger partial charge is 0.352 e. The minimum absolute atomic E-state index is 0.0116. The number of hydrogen-bond donors (Lipinski definition) is 1. The Morgan fingerprint density at radius 3 is 2.85 bits per heavy atom. The molecule has 0 bridgehead atoms. The van der Waals surface area contributed by atoms with Crippen LogP contribution in [0.1, 0.15) is 17.4 Å². The first-order chi connectivity index (χ1) is 9.39. The molecule has 0 amide bonds. The van der Waals surface area contributed by atoms with Crippen molar-refractivity contribution in [1.82, 2.24) is 4.57 Å². The van der Waals surface area contributed by atoms with Crippen LogP contribution in [0.3, 0.4) is 0 Å². The average Bonchev–Trinajstić information content (AvgIpc) is 2.73. The molecular formula is C15H14BrNO3. The number of aromatic carboxylic acids is 1. The number of carbonyl (C=O) groups excluding carboxylic acids is 1. The molecule has 0 radical (unpaired) electrons. The summed E-state index contributed by atoms with van der Waals surface area (Å²) in [5, 5.41) is 9.01. The van der Waals surface area contributed by atoms with Gasteiger partial charge in [-0.2, -0.15) is 0 Å². The van der Waals surface area contributed by atoms with Gasteiger partial charge in [0.25, 0.3) is 0 Å². The van der Waals surface area contributed by atoms with Crippen LogP contribution in [-0.4, -0.2) is 25.8 Å². The lowest BCUT2D eigenvalue weighted by Gasteiger charge is -2.10. The monoisotopic (exact) mass is 335 g/mol. The second-order valence-corrected chi connectivity index (χ2v) is 6.42. The lowest BCUT2D eigenvalue weighted by atomic mass is 10.1. The van der Waals surface area contributed by atoms with Gasteiger partial charge in [0.05, 0.1) is 10.9 Å². The molecule has 0 spiro atoms. The van der Waals surface area contributed by atoms with E-state index >= 15 is 0 Å². The maximum atomic E-state index is 12.2. The summed E-state index contributed by atoms with van der Waals surface area (Å²) < 4.78 is 1.16. The summed E-state index contributed by atoms with van der Waals surface area (Å²) in [6.45, 7) is 1.98. The fourth-order valence-corrected chi connectivity index (χ4v) is 2.17. The van der Waals surface area contributed by atoms with Gasteiger partial charge >= 0.3 is 5.97 Å². The molecule has 0 fully saturated rings. The first kappa shape index (κ1) is 14.5. The van der Waals surface area contributed by atoms with Crippen LogP contribution in [0.15, 0.2) is 54.3 Å². The molecule has 0 aliphatic heterocycles. The zero-order valence-electron chi connectivity index (χ0n) is 10.9. The van der Waals surface area contributed by atoms with Gasteiger partial charge in [0, 0.05) is 11.8 Å². The van der Waals surface area contributed by atoms with Gasteiger partial charge < -0.3 is 9.67 Å². The Kier molecular flexibility index (Phi) is 4.09. The Balaban J connectivity index is 2.17. The van der Waals surface area contributed by atoms with Gasteiger partial charge in [-0.15, -0.1) is 0 Å². The van der Waals surface area contributed by atoms with E-state index in [4.69, 9.17) is 5.11 Å². The highest BCUT2D eigenvalue weighted by Gasteiger charge is 2.17. The molecule has 4 nitrogen and oxygen atoms in total. The maximum absolute atomic E-state index is 12.2. The van der Waals surface area contributed by atoms with E-state index in [-0.39, 0.29) is 22.3 Å². The second kappa shape index (κ2) is 5.63. The number of carboxylic acids is 1. The SMILES string of the molecule is CC1(Br)C=CC=C(C(=O)Cn2cccc2C(=O)O)C=C1. The lowest BCUT2D eigenvalue weighted by molar-refractivity contribution is -0.115. The van der Waals surface area contributed by atoms with Gasteiger partial charge in [0.2, 0.25) is 0 Å². The quantitative estimate of drug-likeness (QED) is 0.860. The van der Waals surface area contributed by atoms with Crippen molar-refractivity contribution in [1.29, 1.82) is 0 Å². The standard InChI is InChI=1S/C15H14BrNO3/c1-15(16)7-2-4-11(6-8-15)13(18)10-17-9-3-5-12(17)14(19)20/h2-9H,10H2,1H3,(H,19,20). The van der Waals surface area contributed by atoms with Crippen LogP contribution in [0.5, 0.6) is 0 Å². The molecule has 1 aliphatic carbocycles. The lowest BCUT2D eigenvalue weighted by Crippen LogP contribution is -2.15. The van der Waals surface area contributed by atoms with Gasteiger partial charge in [-0.25, -0.2) is 4.79 Å². The molecule has 1 aromatic heterocycles. The Hall–Kier alpha value is -1.88. The van der Waals surface area contributed by atoms with Crippen molar-refractivity contribution in [2.75, 3.05) is 0 Å². The molecule has 1 unspecified atom stereocenters. The third-order valence-electron chi connectivity index (χ3n) is 2.97. The Morgan fingerprint density at radius 1 is 1.40 bits per heavy atom. The van der Waals surface area contributed by atoms with Crippen molar-refractivity contribution >= 4 is 27.7 Å². The van der Waals surface area contributed by atoms with Crippen LogP contribution >= 0.6 is 15.9 Å². The van der Waals surface area contributed by atoms with Crippen molar-refractivity contribution in [2.45, 2.75) is 17.8 Å². The van der Waals surface area contributed by atoms with Gasteiger partial charge in [-0.05, 0) is 19.1 Å². The van der Waals surface area contributed by atoms with E-state index in [0.717, 1.165) is 0 Å². The molecule has 1 N–H and O–H groups in total. The molecular weight excluding hydrogens is 322 g/mol. The summed E-state index contributed by atoms with van der Waals surface area (Å²) in [7, 11) is 0. The molecule has 1 heterocycles. The largest absolute Gasteiger partial charge is 0.477 e. The molecule has 0 saturated carbocycles. The minimum atomic E-state index is -1.04. The number of aromatic nitrogens is 1. The highest BCUT2D eigenvalue weighted by Crippen LogP contribution is 2.24. The fraction of sp³-hybridized carbons (Fsp3) is 0.200. The Morgan fingerprint density at radius 2 is 2.15 bits per heavy atom. The van der Waals surface area contributed by atoms with Crippen molar-refractivity contribution < 1.29 is 14.7 Å². The summed E-state index contributed by atoms with van der Waals surface area (Å²) in [6.07, 6.45) is 10.7. The van der Waals surface area contributed by atoms with Crippen LogP contribution in [-0.2, 0) is 11.3 Å². The summed E-state index contributed by atoms with van der Waals surface area (Å²) in [6, 6.07) is 3.09. The average molecular weight is 336 g/mol. The van der Waals surface area contributed by atoms with Crippen LogP contribution in [0.2, 0.25) is 0 Å². The summed E-state index contributed by atoms with van der Waals surface area (Å²) in [4.78, 5) is 23.2. The van der Waals surface area contributed by atoms with E-state index in [1.54, 1.807) is 24.4 Å². The minimum Gasteiger partial charge on any atom is -0.477 e. The topological polar surface area (TPSA) is 59.3 Å². The van der Waals surface area contributed by atoms with E-state index in [1.807, 2.05) is 25.2 Å². The molecule has 5 heteroatoms. The molecule has 0 saturated heterocycles. The van der Waals surface area contributed by atoms with Crippen molar-refractivity contribution in [3.05, 3.63) is 60.0 Å². The molecule has 0 aromatic carbocycles. The molecule has 1 aliphatic rings. The maximum Gasteiger partial charge on any atom is 0.352 e. The molecule has 20 heavy (non-hydrogen) atoms. The first-order valence-corrected chi connectivity index (χ1v) is 6.88. The number of carboxylic acid groups (broad SMARTS) is 1. The Bertz CT molecular complexity index is 635. The second-order valence-electron chi connectivity index (χ2n) is 4.72. The van der Waals surface area contributed by atoms with E-state index in [0.29, 0.717) is 5.57 Å². The normalized spacial score (nSPS) is 21.4. The molecule has 104 valence electrons. The number of hydrogen-bond acceptors (Lipinski definition) is 2. The molecule has 1 aromatic rings. The van der Waals surface area contributed by atoms with Crippen LogP contribution in [0.4, 0.5) is 0 Å². The van der Waals surface area contributed by atoms with Crippen molar-refractivity contribution in [3.63, 3.8) is 0 Å². The number of ketones is 1. The van der Waals surface area contributed by atoms with Crippen LogP contribution in [0, 0.1) is 0 Å². The highest BCUT2D eigenvalue weighted by molar-refractivity contribution is 9.10. The third kappa shape index (κ3) is 3.36. The molecule has 2 rings (SSSR count). The number of carbonyl (C=O) groups is 2. The summed E-state index contributed by atoms with van der Waals surface area (Å²) >= 11 is 3.51. The van der Waals surface area contributed by atoms with E-state index in [2.05, 4.69) is 15.9 Å². The highest BCUT2D eigenvalue weighted by atomic mass is 79.9. The summed E-state index contributed by atoms with van der Waals surface area (Å²) in [5.74, 6) is -1.17. The number of Topliss-reactive ketones (excluding diaryl/α,β-unsaturated/α-hetero) is 1. The summed E-state index contributed by atoms with van der Waals surface area (Å²) in [5.41, 5.74) is 0.659. The van der Waals surface area contributed by atoms with E-state index in [9.17, 15) is 9.59 Å². The van der Waals surface area contributed by atoms with Crippen LogP contribution < -0.4 is 0 Å². The number of rotatable bonds is 4. The number of allylic oxidation sites excluding steroid dienone is 6. The molecule has 1 atom stereocenters. The zero-order chi connectivity index (χ0) is 14.8. The predicted molar refractivity (Wildman–Crippen MR) is 80.1 cm³/mol. The van der Waals surface area contributed by atoms with E-state index in [1.165, 1.54) is 10.6 Å². The van der Waals surface area contributed by atoms with E-state index < -0.39 is 5.97 Å². The number of halogens is 1. The fourth-order valence-electron chi connectivity index (χ4n) is 1.88.